The summed E-state index contributed by atoms with van der Waals surface area (Å²) >= 11 is 0. The second kappa shape index (κ2) is 10.6. The largest absolute Gasteiger partial charge is 0.497 e. The van der Waals surface area contributed by atoms with E-state index in [2.05, 4.69) is 5.32 Å². The lowest BCUT2D eigenvalue weighted by Crippen LogP contribution is -2.28. The van der Waals surface area contributed by atoms with Gasteiger partial charge in [0.2, 0.25) is 0 Å². The van der Waals surface area contributed by atoms with Crippen LogP contribution in [0.5, 0.6) is 23.0 Å². The molecule has 180 valence electrons. The van der Waals surface area contributed by atoms with Crippen LogP contribution in [-0.4, -0.2) is 33.8 Å². The van der Waals surface area contributed by atoms with E-state index in [1.165, 1.54) is 6.26 Å². The van der Waals surface area contributed by atoms with Crippen LogP contribution in [0.15, 0.2) is 76.1 Å². The number of hydrogen-bond donors (Lipinski definition) is 1. The fraction of sp³-hybridized carbons (Fsp3) is 0.185. The SMILES string of the molecule is COc1ccc(-c2coc3cc(OCC(=O)NCc4ccc(OC)c(OC)c4)ccc3c2=O)cc1. The number of hydrogen-bond acceptors (Lipinski definition) is 7. The molecule has 8 nitrogen and oxygen atoms in total. The van der Waals surface area contributed by atoms with Gasteiger partial charge >= 0.3 is 0 Å². The summed E-state index contributed by atoms with van der Waals surface area (Å²) in [5.74, 6) is 2.03. The van der Waals surface area contributed by atoms with Gasteiger partial charge in [-0.05, 0) is 47.5 Å². The van der Waals surface area contributed by atoms with E-state index in [-0.39, 0.29) is 17.9 Å². The Kier molecular flexibility index (Phi) is 7.21. The van der Waals surface area contributed by atoms with Crippen molar-refractivity contribution >= 4 is 16.9 Å². The summed E-state index contributed by atoms with van der Waals surface area (Å²) in [6, 6.07) is 17.4. The Hall–Kier alpha value is -4.46. The van der Waals surface area contributed by atoms with Gasteiger partial charge in [0.05, 0.1) is 32.3 Å². The molecule has 4 aromatic rings. The van der Waals surface area contributed by atoms with Crippen LogP contribution in [0.3, 0.4) is 0 Å². The topological polar surface area (TPSA) is 96.2 Å². The van der Waals surface area contributed by atoms with E-state index in [4.69, 9.17) is 23.4 Å². The molecule has 0 fully saturated rings. The molecular weight excluding hydrogens is 450 g/mol. The molecule has 1 amide bonds. The molecule has 0 spiro atoms. The Balaban J connectivity index is 1.39. The van der Waals surface area contributed by atoms with Gasteiger partial charge in [0.25, 0.3) is 5.91 Å². The van der Waals surface area contributed by atoms with E-state index < -0.39 is 0 Å². The minimum absolute atomic E-state index is 0.157. The second-order valence-electron chi connectivity index (χ2n) is 7.62. The molecule has 0 aliphatic rings. The van der Waals surface area contributed by atoms with E-state index in [9.17, 15) is 9.59 Å². The van der Waals surface area contributed by atoms with Gasteiger partial charge < -0.3 is 28.7 Å². The third-order valence-corrected chi connectivity index (χ3v) is 5.45. The lowest BCUT2D eigenvalue weighted by molar-refractivity contribution is -0.123. The number of ether oxygens (including phenoxy) is 4. The van der Waals surface area contributed by atoms with Gasteiger partial charge in [0.15, 0.2) is 23.5 Å². The van der Waals surface area contributed by atoms with E-state index >= 15 is 0 Å². The molecule has 35 heavy (non-hydrogen) atoms. The number of methoxy groups -OCH3 is 3. The molecule has 0 bridgehead atoms. The molecule has 1 N–H and O–H groups in total. The van der Waals surface area contributed by atoms with Crippen LogP contribution >= 0.6 is 0 Å². The lowest BCUT2D eigenvalue weighted by Gasteiger charge is -2.11. The van der Waals surface area contributed by atoms with Gasteiger partial charge in [0, 0.05) is 12.6 Å². The summed E-state index contributed by atoms with van der Waals surface area (Å²) in [4.78, 5) is 25.2. The minimum atomic E-state index is -0.295. The zero-order chi connectivity index (χ0) is 24.8. The molecule has 0 aliphatic heterocycles. The quantitative estimate of drug-likeness (QED) is 0.388. The van der Waals surface area contributed by atoms with Crippen LogP contribution in [0.25, 0.3) is 22.1 Å². The molecule has 1 aromatic heterocycles. The zero-order valence-electron chi connectivity index (χ0n) is 19.6. The number of amides is 1. The molecule has 1 heterocycles. The highest BCUT2D eigenvalue weighted by Crippen LogP contribution is 2.27. The standard InChI is InChI=1S/C27H25NO7/c1-31-19-7-5-18(6-8-19)22-15-35-24-13-20(9-10-21(24)27(22)30)34-16-26(29)28-14-17-4-11-23(32-2)25(12-17)33-3/h4-13,15H,14,16H2,1-3H3,(H,28,29). The van der Waals surface area contributed by atoms with Crippen molar-refractivity contribution in [1.29, 1.82) is 0 Å². The number of nitrogens with one attached hydrogen (secondary N) is 1. The average molecular weight is 475 g/mol. The van der Waals surface area contributed by atoms with Gasteiger partial charge in [0.1, 0.15) is 23.3 Å². The normalized spacial score (nSPS) is 10.6. The van der Waals surface area contributed by atoms with Gasteiger partial charge in [-0.1, -0.05) is 18.2 Å². The van der Waals surface area contributed by atoms with Gasteiger partial charge in [-0.15, -0.1) is 0 Å². The minimum Gasteiger partial charge on any atom is -0.497 e. The fourth-order valence-electron chi connectivity index (χ4n) is 3.56. The highest BCUT2D eigenvalue weighted by Gasteiger charge is 2.12. The predicted molar refractivity (Wildman–Crippen MR) is 131 cm³/mol. The Labute approximate surface area is 202 Å². The van der Waals surface area contributed by atoms with Crippen molar-refractivity contribution in [2.75, 3.05) is 27.9 Å². The number of benzene rings is 3. The lowest BCUT2D eigenvalue weighted by atomic mass is 10.1. The van der Waals surface area contributed by atoms with Crippen LogP contribution in [0.2, 0.25) is 0 Å². The monoisotopic (exact) mass is 475 g/mol. The summed E-state index contributed by atoms with van der Waals surface area (Å²) in [6.45, 7) is 0.121. The smallest absolute Gasteiger partial charge is 0.258 e. The molecule has 0 saturated heterocycles. The molecule has 0 saturated carbocycles. The molecule has 0 aliphatic carbocycles. The third-order valence-electron chi connectivity index (χ3n) is 5.45. The van der Waals surface area contributed by atoms with Crippen molar-refractivity contribution in [3.63, 3.8) is 0 Å². The van der Waals surface area contributed by atoms with Crippen LogP contribution < -0.4 is 29.7 Å². The maximum Gasteiger partial charge on any atom is 0.258 e. The molecule has 8 heteroatoms. The van der Waals surface area contributed by atoms with Gasteiger partial charge in [-0.3, -0.25) is 9.59 Å². The fourth-order valence-corrected chi connectivity index (χ4v) is 3.56. The Morgan fingerprint density at radius 3 is 2.31 bits per heavy atom. The first-order valence-electron chi connectivity index (χ1n) is 10.8. The first-order valence-corrected chi connectivity index (χ1v) is 10.8. The van der Waals surface area contributed by atoms with Crippen molar-refractivity contribution in [1.82, 2.24) is 5.32 Å². The van der Waals surface area contributed by atoms with Crippen LogP contribution in [0, 0.1) is 0 Å². The maximum absolute atomic E-state index is 13.0. The predicted octanol–water partition coefficient (Wildman–Crippen LogP) is 4.18. The Bertz CT molecular complexity index is 1390. The van der Waals surface area contributed by atoms with E-state index in [0.29, 0.717) is 46.1 Å². The van der Waals surface area contributed by atoms with Crippen molar-refractivity contribution in [3.05, 3.63) is 82.7 Å². The van der Waals surface area contributed by atoms with Crippen molar-refractivity contribution < 1.29 is 28.2 Å². The summed E-state index contributed by atoms with van der Waals surface area (Å²) in [7, 11) is 4.70. The highest BCUT2D eigenvalue weighted by atomic mass is 16.5. The van der Waals surface area contributed by atoms with Gasteiger partial charge in [-0.2, -0.15) is 0 Å². The summed E-state index contributed by atoms with van der Waals surface area (Å²) < 4.78 is 26.9. The van der Waals surface area contributed by atoms with Crippen molar-refractivity contribution in [3.8, 4) is 34.1 Å². The Morgan fingerprint density at radius 1 is 0.857 bits per heavy atom. The molecule has 0 unspecified atom stereocenters. The average Bonchev–Trinajstić information content (AvgIpc) is 2.90. The number of carbonyl (C=O) groups is 1. The summed E-state index contributed by atoms with van der Waals surface area (Å²) in [6.07, 6.45) is 1.42. The highest BCUT2D eigenvalue weighted by molar-refractivity contribution is 5.83. The number of rotatable bonds is 9. The van der Waals surface area contributed by atoms with Crippen LogP contribution in [0.4, 0.5) is 0 Å². The van der Waals surface area contributed by atoms with Crippen LogP contribution in [-0.2, 0) is 11.3 Å². The number of fused-ring (bicyclic) bond motifs is 1. The van der Waals surface area contributed by atoms with E-state index in [0.717, 1.165) is 11.1 Å². The Morgan fingerprint density at radius 2 is 1.60 bits per heavy atom. The maximum atomic E-state index is 13.0. The molecule has 0 radical (unpaired) electrons. The van der Waals surface area contributed by atoms with Gasteiger partial charge in [-0.25, -0.2) is 0 Å². The van der Waals surface area contributed by atoms with E-state index in [1.54, 1.807) is 75.9 Å². The van der Waals surface area contributed by atoms with E-state index in [1.807, 2.05) is 6.07 Å². The first kappa shape index (κ1) is 23.7. The molecular formula is C27H25NO7. The number of carbonyl (C=O) groups excluding carboxylic acids is 1. The second-order valence-corrected chi connectivity index (χ2v) is 7.62. The molecule has 4 rings (SSSR count). The van der Waals surface area contributed by atoms with Crippen molar-refractivity contribution in [2.24, 2.45) is 0 Å². The first-order chi connectivity index (χ1) is 17.0. The summed E-state index contributed by atoms with van der Waals surface area (Å²) in [5, 5.41) is 3.22. The third kappa shape index (κ3) is 5.38. The zero-order valence-corrected chi connectivity index (χ0v) is 19.6. The van der Waals surface area contributed by atoms with Crippen molar-refractivity contribution in [2.45, 2.75) is 6.54 Å². The molecule has 3 aromatic carbocycles. The summed E-state index contributed by atoms with van der Waals surface area (Å²) in [5.41, 5.74) is 2.25. The molecule has 0 atom stereocenters. The van der Waals surface area contributed by atoms with Crippen LogP contribution in [0.1, 0.15) is 5.56 Å².